The number of pyridine rings is 1. The fourth-order valence-electron chi connectivity index (χ4n) is 1.99. The summed E-state index contributed by atoms with van der Waals surface area (Å²) in [7, 11) is 0. The Hall–Kier alpha value is -2.85. The summed E-state index contributed by atoms with van der Waals surface area (Å²) in [6.45, 7) is 0. The highest BCUT2D eigenvalue weighted by Gasteiger charge is 2.10. The zero-order valence-electron chi connectivity index (χ0n) is 11.2. The second-order valence-electron chi connectivity index (χ2n) is 4.49. The maximum atomic E-state index is 12.1. The number of halogens is 1. The molecule has 0 fully saturated rings. The largest absolute Gasteiger partial charge is 0.324 e. The Labute approximate surface area is 134 Å². The molecule has 1 aromatic carbocycles. The van der Waals surface area contributed by atoms with Crippen LogP contribution in [-0.2, 0) is 0 Å². The van der Waals surface area contributed by atoms with Crippen LogP contribution in [0.15, 0.2) is 53.4 Å². The maximum absolute atomic E-state index is 12.1. The normalized spacial score (nSPS) is 10.2. The van der Waals surface area contributed by atoms with E-state index >= 15 is 0 Å². The van der Waals surface area contributed by atoms with Gasteiger partial charge >= 0.3 is 6.03 Å². The minimum Gasteiger partial charge on any atom is -0.308 e. The van der Waals surface area contributed by atoms with Crippen molar-refractivity contribution >= 4 is 39.0 Å². The predicted octanol–water partition coefficient (Wildman–Crippen LogP) is 3.61. The molecular formula is C15H10BrN5O. The Bertz CT molecular complexity index is 879. The highest BCUT2D eigenvalue weighted by atomic mass is 79.9. The van der Waals surface area contributed by atoms with Gasteiger partial charge < -0.3 is 5.32 Å². The number of imidazole rings is 1. The van der Waals surface area contributed by atoms with Gasteiger partial charge in [-0.25, -0.2) is 9.78 Å². The average Bonchev–Trinajstić information content (AvgIpc) is 3.00. The van der Waals surface area contributed by atoms with Crippen molar-refractivity contribution in [1.29, 1.82) is 5.26 Å². The first-order chi connectivity index (χ1) is 10.7. The van der Waals surface area contributed by atoms with Gasteiger partial charge in [0, 0.05) is 5.69 Å². The van der Waals surface area contributed by atoms with E-state index in [2.05, 4.69) is 31.5 Å². The third-order valence-corrected chi connectivity index (χ3v) is 3.68. The predicted molar refractivity (Wildman–Crippen MR) is 86.7 cm³/mol. The molecule has 0 unspecified atom stereocenters. The van der Waals surface area contributed by atoms with Crippen LogP contribution in [0.5, 0.6) is 0 Å². The first-order valence-electron chi connectivity index (χ1n) is 6.36. The second kappa shape index (κ2) is 5.87. The Morgan fingerprint density at radius 3 is 2.68 bits per heavy atom. The van der Waals surface area contributed by atoms with Gasteiger partial charge in [0.15, 0.2) is 0 Å². The van der Waals surface area contributed by atoms with Crippen molar-refractivity contribution in [2.75, 3.05) is 10.6 Å². The summed E-state index contributed by atoms with van der Waals surface area (Å²) >= 11 is 3.41. The molecule has 0 aliphatic carbocycles. The monoisotopic (exact) mass is 355 g/mol. The topological polar surface area (TPSA) is 82.2 Å². The van der Waals surface area contributed by atoms with E-state index in [0.29, 0.717) is 17.1 Å². The summed E-state index contributed by atoms with van der Waals surface area (Å²) in [6.07, 6.45) is 3.33. The molecule has 0 saturated heterocycles. The van der Waals surface area contributed by atoms with E-state index < -0.39 is 0 Å². The van der Waals surface area contributed by atoms with Gasteiger partial charge in [-0.05, 0) is 52.3 Å². The maximum Gasteiger partial charge on any atom is 0.324 e. The zero-order valence-corrected chi connectivity index (χ0v) is 12.8. The van der Waals surface area contributed by atoms with E-state index in [1.165, 1.54) is 0 Å². The fourth-order valence-corrected chi connectivity index (χ4v) is 2.41. The number of amides is 2. The number of nitrogens with one attached hydrogen (secondary N) is 2. The number of nitriles is 1. The van der Waals surface area contributed by atoms with E-state index in [0.717, 1.165) is 9.99 Å². The number of nitrogens with zero attached hydrogens (tertiary/aromatic N) is 3. The number of hydrogen-bond donors (Lipinski definition) is 2. The number of aromatic nitrogens is 2. The van der Waals surface area contributed by atoms with Crippen LogP contribution in [0.4, 0.5) is 16.3 Å². The lowest BCUT2D eigenvalue weighted by Crippen LogP contribution is -2.21. The molecule has 0 saturated carbocycles. The van der Waals surface area contributed by atoms with Crippen molar-refractivity contribution in [1.82, 2.24) is 9.38 Å². The highest BCUT2D eigenvalue weighted by molar-refractivity contribution is 9.10. The van der Waals surface area contributed by atoms with Crippen LogP contribution in [0.25, 0.3) is 5.52 Å². The van der Waals surface area contributed by atoms with E-state index in [9.17, 15) is 4.79 Å². The summed E-state index contributed by atoms with van der Waals surface area (Å²) in [6, 6.07) is 12.0. The van der Waals surface area contributed by atoms with E-state index in [1.807, 2.05) is 18.2 Å². The van der Waals surface area contributed by atoms with Crippen LogP contribution in [0.3, 0.4) is 0 Å². The molecular weight excluding hydrogens is 346 g/mol. The molecule has 2 amide bonds. The Kier molecular flexibility index (Phi) is 3.76. The van der Waals surface area contributed by atoms with Gasteiger partial charge in [0.1, 0.15) is 12.1 Å². The SMILES string of the molecule is N#Cc1ccc(NC(=O)Nc2c(Br)ccc3cncn23)cc1. The molecule has 3 rings (SSSR count). The van der Waals surface area contributed by atoms with Crippen LogP contribution in [0.2, 0.25) is 0 Å². The number of anilines is 2. The lowest BCUT2D eigenvalue weighted by Gasteiger charge is -2.11. The van der Waals surface area contributed by atoms with E-state index in [-0.39, 0.29) is 6.03 Å². The van der Waals surface area contributed by atoms with Crippen molar-refractivity contribution < 1.29 is 4.79 Å². The molecule has 0 radical (unpaired) electrons. The molecule has 6 nitrogen and oxygen atoms in total. The standard InChI is InChI=1S/C15H10BrN5O/c16-13-6-5-12-8-18-9-21(12)14(13)20-15(22)19-11-3-1-10(7-17)2-4-11/h1-6,8-9H,(H2,19,20,22). The average molecular weight is 356 g/mol. The number of urea groups is 1. The fraction of sp³-hybridized carbons (Fsp3) is 0. The first-order valence-corrected chi connectivity index (χ1v) is 7.15. The van der Waals surface area contributed by atoms with Crippen molar-refractivity contribution in [2.24, 2.45) is 0 Å². The summed E-state index contributed by atoms with van der Waals surface area (Å²) in [5.74, 6) is 0.584. The molecule has 2 aromatic heterocycles. The molecule has 2 N–H and O–H groups in total. The van der Waals surface area contributed by atoms with Crippen LogP contribution in [-0.4, -0.2) is 15.4 Å². The van der Waals surface area contributed by atoms with Crippen molar-refractivity contribution in [3.8, 4) is 6.07 Å². The van der Waals surface area contributed by atoms with Crippen molar-refractivity contribution in [3.63, 3.8) is 0 Å². The third kappa shape index (κ3) is 2.77. The summed E-state index contributed by atoms with van der Waals surface area (Å²) in [4.78, 5) is 16.2. The lowest BCUT2D eigenvalue weighted by molar-refractivity contribution is 0.262. The van der Waals surface area contributed by atoms with Gasteiger partial charge in [0.05, 0.1) is 27.8 Å². The Morgan fingerprint density at radius 1 is 1.18 bits per heavy atom. The number of benzene rings is 1. The molecule has 0 bridgehead atoms. The number of hydrogen-bond acceptors (Lipinski definition) is 3. The van der Waals surface area contributed by atoms with Gasteiger partial charge in [-0.1, -0.05) is 0 Å². The third-order valence-electron chi connectivity index (χ3n) is 3.04. The Morgan fingerprint density at radius 2 is 1.95 bits per heavy atom. The summed E-state index contributed by atoms with van der Waals surface area (Å²) in [5, 5.41) is 14.2. The number of rotatable bonds is 2. The van der Waals surface area contributed by atoms with E-state index in [4.69, 9.17) is 5.26 Å². The van der Waals surface area contributed by atoms with Crippen molar-refractivity contribution in [2.45, 2.75) is 0 Å². The highest BCUT2D eigenvalue weighted by Crippen LogP contribution is 2.24. The first kappa shape index (κ1) is 14.1. The van der Waals surface area contributed by atoms with Gasteiger partial charge in [-0.3, -0.25) is 9.72 Å². The smallest absolute Gasteiger partial charge is 0.308 e. The molecule has 0 spiro atoms. The minimum absolute atomic E-state index is 0.383. The van der Waals surface area contributed by atoms with Gasteiger partial charge in [0.25, 0.3) is 0 Å². The molecule has 7 heteroatoms. The Balaban J connectivity index is 1.79. The molecule has 2 heterocycles. The molecule has 0 aliphatic heterocycles. The van der Waals surface area contributed by atoms with Crippen LogP contribution in [0.1, 0.15) is 5.56 Å². The van der Waals surface area contributed by atoms with Crippen LogP contribution >= 0.6 is 15.9 Å². The summed E-state index contributed by atoms with van der Waals surface area (Å²) in [5.41, 5.74) is 2.01. The van der Waals surface area contributed by atoms with Gasteiger partial charge in [-0.2, -0.15) is 5.26 Å². The summed E-state index contributed by atoms with van der Waals surface area (Å²) < 4.78 is 2.51. The van der Waals surface area contributed by atoms with E-state index in [1.54, 1.807) is 41.2 Å². The quantitative estimate of drug-likeness (QED) is 0.736. The minimum atomic E-state index is -0.383. The molecule has 0 aliphatic rings. The number of carbonyl (C=O) groups excluding carboxylic acids is 1. The molecule has 0 atom stereocenters. The van der Waals surface area contributed by atoms with Crippen molar-refractivity contribution in [3.05, 3.63) is 59.0 Å². The van der Waals surface area contributed by atoms with Gasteiger partial charge in [-0.15, -0.1) is 0 Å². The van der Waals surface area contributed by atoms with Gasteiger partial charge in [0.2, 0.25) is 0 Å². The van der Waals surface area contributed by atoms with Crippen LogP contribution < -0.4 is 10.6 Å². The zero-order chi connectivity index (χ0) is 15.5. The lowest BCUT2D eigenvalue weighted by atomic mass is 10.2. The second-order valence-corrected chi connectivity index (χ2v) is 5.34. The molecule has 3 aromatic rings. The number of carbonyl (C=O) groups is 1. The van der Waals surface area contributed by atoms with Crippen LogP contribution in [0, 0.1) is 11.3 Å². The molecule has 108 valence electrons. The molecule has 22 heavy (non-hydrogen) atoms. The number of fused-ring (bicyclic) bond motifs is 1.